The van der Waals surface area contributed by atoms with Crippen molar-refractivity contribution < 1.29 is 14.3 Å². The SMILES string of the molecule is COCOC1CCN(CC(c2ccccc2)N(C)c2ccc(C(=O)Nc3ccccc3)cc2)C1. The number of ether oxygens (including phenoxy) is 2. The quantitative estimate of drug-likeness (QED) is 0.441. The lowest BCUT2D eigenvalue weighted by atomic mass is 10.0. The lowest BCUT2D eigenvalue weighted by Crippen LogP contribution is -2.36. The Balaban J connectivity index is 1.45. The van der Waals surface area contributed by atoms with Crippen LogP contribution in [0.1, 0.15) is 28.4 Å². The van der Waals surface area contributed by atoms with Crippen molar-refractivity contribution in [2.45, 2.75) is 18.6 Å². The van der Waals surface area contributed by atoms with Crippen LogP contribution in [0, 0.1) is 0 Å². The van der Waals surface area contributed by atoms with Gasteiger partial charge in [0.1, 0.15) is 6.79 Å². The van der Waals surface area contributed by atoms with Crippen LogP contribution in [-0.4, -0.2) is 57.5 Å². The van der Waals surface area contributed by atoms with Crippen LogP contribution in [0.15, 0.2) is 84.9 Å². The van der Waals surface area contributed by atoms with Gasteiger partial charge in [0.25, 0.3) is 5.91 Å². The number of nitrogens with zero attached hydrogens (tertiary/aromatic N) is 2. The summed E-state index contributed by atoms with van der Waals surface area (Å²) in [6.07, 6.45) is 1.23. The highest BCUT2D eigenvalue weighted by Crippen LogP contribution is 2.28. The third-order valence-corrected chi connectivity index (χ3v) is 6.30. The van der Waals surface area contributed by atoms with E-state index in [1.807, 2.05) is 60.7 Å². The Hall–Kier alpha value is -3.19. The van der Waals surface area contributed by atoms with Gasteiger partial charge in [0, 0.05) is 50.7 Å². The first-order valence-corrected chi connectivity index (χ1v) is 11.7. The summed E-state index contributed by atoms with van der Waals surface area (Å²) in [4.78, 5) is 17.4. The van der Waals surface area contributed by atoms with Crippen molar-refractivity contribution in [1.82, 2.24) is 4.90 Å². The summed E-state index contributed by atoms with van der Waals surface area (Å²) in [6, 6.07) is 28.1. The molecule has 6 nitrogen and oxygen atoms in total. The Morgan fingerprint density at radius 1 is 1.03 bits per heavy atom. The number of amides is 1. The van der Waals surface area contributed by atoms with Gasteiger partial charge < -0.3 is 19.7 Å². The van der Waals surface area contributed by atoms with Gasteiger partial charge in [0.05, 0.1) is 12.1 Å². The van der Waals surface area contributed by atoms with Crippen molar-refractivity contribution in [3.63, 3.8) is 0 Å². The Morgan fingerprint density at radius 2 is 1.71 bits per heavy atom. The molecule has 0 aliphatic carbocycles. The fourth-order valence-corrected chi connectivity index (χ4v) is 4.39. The van der Waals surface area contributed by atoms with Gasteiger partial charge >= 0.3 is 0 Å². The smallest absolute Gasteiger partial charge is 0.255 e. The van der Waals surface area contributed by atoms with Crippen molar-refractivity contribution in [2.75, 3.05) is 50.8 Å². The molecule has 2 unspecified atom stereocenters. The zero-order valence-corrected chi connectivity index (χ0v) is 19.9. The number of likely N-dealkylation sites (tertiary alicyclic amines) is 1. The lowest BCUT2D eigenvalue weighted by molar-refractivity contribution is -0.0671. The van der Waals surface area contributed by atoms with E-state index < -0.39 is 0 Å². The van der Waals surface area contributed by atoms with Crippen molar-refractivity contribution in [1.29, 1.82) is 0 Å². The zero-order chi connectivity index (χ0) is 23.8. The van der Waals surface area contributed by atoms with Crippen LogP contribution in [0.3, 0.4) is 0 Å². The maximum absolute atomic E-state index is 12.6. The summed E-state index contributed by atoms with van der Waals surface area (Å²) in [6.45, 7) is 3.14. The summed E-state index contributed by atoms with van der Waals surface area (Å²) in [5.74, 6) is -0.112. The molecule has 1 saturated heterocycles. The molecule has 1 amide bonds. The molecule has 3 aromatic rings. The monoisotopic (exact) mass is 459 g/mol. The average Bonchev–Trinajstić information content (AvgIpc) is 3.34. The first-order valence-electron chi connectivity index (χ1n) is 11.7. The third kappa shape index (κ3) is 6.23. The fraction of sp³-hybridized carbons (Fsp3) is 0.321. The van der Waals surface area contributed by atoms with E-state index in [4.69, 9.17) is 9.47 Å². The summed E-state index contributed by atoms with van der Waals surface area (Å²) >= 11 is 0. The molecule has 1 aliphatic rings. The summed E-state index contributed by atoms with van der Waals surface area (Å²) < 4.78 is 10.8. The second-order valence-corrected chi connectivity index (χ2v) is 8.65. The van der Waals surface area contributed by atoms with Gasteiger partial charge in [-0.3, -0.25) is 9.69 Å². The van der Waals surface area contributed by atoms with Gasteiger partial charge in [-0.2, -0.15) is 0 Å². The van der Waals surface area contributed by atoms with Gasteiger partial charge in [-0.1, -0.05) is 48.5 Å². The molecule has 1 fully saturated rings. The molecule has 0 spiro atoms. The minimum Gasteiger partial charge on any atom is -0.366 e. The highest BCUT2D eigenvalue weighted by molar-refractivity contribution is 6.04. The summed E-state index contributed by atoms with van der Waals surface area (Å²) in [5.41, 5.74) is 3.75. The number of benzene rings is 3. The highest BCUT2D eigenvalue weighted by Gasteiger charge is 2.28. The zero-order valence-electron chi connectivity index (χ0n) is 19.9. The standard InChI is InChI=1S/C28H33N3O3/c1-30(25-15-13-23(14-16-25)28(32)29-24-11-7-4-8-12-24)27(22-9-5-3-6-10-22)20-31-18-17-26(19-31)34-21-33-2/h3-16,26-27H,17-21H2,1-2H3,(H,29,32). The predicted molar refractivity (Wildman–Crippen MR) is 136 cm³/mol. The van der Waals surface area contributed by atoms with Gasteiger partial charge in [0.2, 0.25) is 0 Å². The molecule has 0 aromatic heterocycles. The molecule has 1 aliphatic heterocycles. The highest BCUT2D eigenvalue weighted by atomic mass is 16.7. The maximum atomic E-state index is 12.6. The van der Waals surface area contributed by atoms with Crippen LogP contribution >= 0.6 is 0 Å². The third-order valence-electron chi connectivity index (χ3n) is 6.30. The number of anilines is 2. The van der Waals surface area contributed by atoms with Gasteiger partial charge in [0.15, 0.2) is 0 Å². The number of nitrogens with one attached hydrogen (secondary N) is 1. The van der Waals surface area contributed by atoms with Crippen molar-refractivity contribution >= 4 is 17.3 Å². The van der Waals surface area contributed by atoms with E-state index in [0.29, 0.717) is 12.4 Å². The van der Waals surface area contributed by atoms with E-state index >= 15 is 0 Å². The minimum atomic E-state index is -0.112. The van der Waals surface area contributed by atoms with E-state index in [1.165, 1.54) is 5.56 Å². The van der Waals surface area contributed by atoms with E-state index in [2.05, 4.69) is 46.4 Å². The lowest BCUT2D eigenvalue weighted by Gasteiger charge is -2.33. The number of methoxy groups -OCH3 is 1. The van der Waals surface area contributed by atoms with Gasteiger partial charge in [-0.15, -0.1) is 0 Å². The van der Waals surface area contributed by atoms with Crippen LogP contribution in [0.5, 0.6) is 0 Å². The summed E-state index contributed by atoms with van der Waals surface area (Å²) in [7, 11) is 3.77. The number of likely N-dealkylation sites (N-methyl/N-ethyl adjacent to an activating group) is 1. The van der Waals surface area contributed by atoms with E-state index in [1.54, 1.807) is 7.11 Å². The molecule has 3 aromatic carbocycles. The molecule has 4 rings (SSSR count). The Kier molecular flexibility index (Phi) is 8.31. The largest absolute Gasteiger partial charge is 0.366 e. The maximum Gasteiger partial charge on any atom is 0.255 e. The topological polar surface area (TPSA) is 54.0 Å². The molecule has 0 saturated carbocycles. The molecule has 1 N–H and O–H groups in total. The molecule has 0 radical (unpaired) electrons. The van der Waals surface area contributed by atoms with Crippen LogP contribution < -0.4 is 10.2 Å². The Morgan fingerprint density at radius 3 is 2.38 bits per heavy atom. The van der Waals surface area contributed by atoms with Crippen LogP contribution in [0.2, 0.25) is 0 Å². The van der Waals surface area contributed by atoms with Crippen molar-refractivity contribution in [3.05, 3.63) is 96.1 Å². The minimum absolute atomic E-state index is 0.112. The predicted octanol–water partition coefficient (Wildman–Crippen LogP) is 4.81. The van der Waals surface area contributed by atoms with Crippen LogP contribution in [0.25, 0.3) is 0 Å². The first kappa shape index (κ1) is 24.0. The van der Waals surface area contributed by atoms with Crippen LogP contribution in [0.4, 0.5) is 11.4 Å². The molecule has 1 heterocycles. The average molecular weight is 460 g/mol. The number of carbonyl (C=O) groups excluding carboxylic acids is 1. The normalized spacial score (nSPS) is 16.8. The molecule has 178 valence electrons. The fourth-order valence-electron chi connectivity index (χ4n) is 4.39. The van der Waals surface area contributed by atoms with Gasteiger partial charge in [-0.25, -0.2) is 0 Å². The number of para-hydroxylation sites is 1. The first-order chi connectivity index (χ1) is 16.6. The number of carbonyl (C=O) groups is 1. The number of hydrogen-bond acceptors (Lipinski definition) is 5. The molecule has 6 heteroatoms. The van der Waals surface area contributed by atoms with Gasteiger partial charge in [-0.05, 0) is 48.4 Å². The van der Waals surface area contributed by atoms with E-state index in [9.17, 15) is 4.79 Å². The van der Waals surface area contributed by atoms with E-state index in [0.717, 1.165) is 37.4 Å². The Labute approximate surface area is 202 Å². The van der Waals surface area contributed by atoms with Crippen LogP contribution in [-0.2, 0) is 9.47 Å². The molecule has 34 heavy (non-hydrogen) atoms. The number of hydrogen-bond donors (Lipinski definition) is 1. The Bertz CT molecular complexity index is 1030. The molecule has 0 bridgehead atoms. The number of rotatable bonds is 10. The second kappa shape index (κ2) is 11.8. The second-order valence-electron chi connectivity index (χ2n) is 8.65. The van der Waals surface area contributed by atoms with E-state index in [-0.39, 0.29) is 18.1 Å². The van der Waals surface area contributed by atoms with Crippen molar-refractivity contribution in [3.8, 4) is 0 Å². The molecular weight excluding hydrogens is 426 g/mol. The molecule has 2 atom stereocenters. The van der Waals surface area contributed by atoms with Crippen molar-refractivity contribution in [2.24, 2.45) is 0 Å². The summed E-state index contributed by atoms with van der Waals surface area (Å²) in [5, 5.41) is 2.94. The molecular formula is C28H33N3O3.